The van der Waals surface area contributed by atoms with Crippen molar-refractivity contribution in [3.63, 3.8) is 0 Å². The van der Waals surface area contributed by atoms with Gasteiger partial charge in [-0.2, -0.15) is 0 Å². The summed E-state index contributed by atoms with van der Waals surface area (Å²) in [6.07, 6.45) is 13.4. The van der Waals surface area contributed by atoms with Crippen LogP contribution in [0.3, 0.4) is 0 Å². The molecular formula is C39H52NO5. The summed E-state index contributed by atoms with van der Waals surface area (Å²) in [5.41, 5.74) is 0.943. The average molecular weight is 615 g/mol. The van der Waals surface area contributed by atoms with Crippen molar-refractivity contribution in [3.05, 3.63) is 89.5 Å². The van der Waals surface area contributed by atoms with Crippen LogP contribution in [0.2, 0.25) is 0 Å². The van der Waals surface area contributed by atoms with Gasteiger partial charge in [0, 0.05) is 0 Å². The first-order valence-electron chi connectivity index (χ1n) is 17.1. The van der Waals surface area contributed by atoms with Crippen LogP contribution in [0.25, 0.3) is 0 Å². The Morgan fingerprint density at radius 1 is 0.600 bits per heavy atom. The number of benzene rings is 3. The molecule has 1 heterocycles. The highest BCUT2D eigenvalue weighted by atomic mass is 16.5. The van der Waals surface area contributed by atoms with E-state index in [9.17, 15) is 10.0 Å². The Kier molecular flexibility index (Phi) is 12.9. The molecule has 1 saturated heterocycles. The number of carbonyl (C=O) groups is 1. The van der Waals surface area contributed by atoms with Gasteiger partial charge in [-0.05, 0) is 99.2 Å². The number of ether oxygens (including phenoxy) is 3. The molecule has 1 radical (unpaired) electrons. The first-order valence-corrected chi connectivity index (χ1v) is 17.1. The maximum atomic E-state index is 13.9. The number of hydrogen-bond acceptors (Lipinski definition) is 5. The van der Waals surface area contributed by atoms with E-state index >= 15 is 0 Å². The molecule has 3 aromatic rings. The Hall–Kier alpha value is -3.35. The Balaban J connectivity index is 1.30. The third-order valence-electron chi connectivity index (χ3n) is 9.28. The van der Waals surface area contributed by atoms with Crippen molar-refractivity contribution in [2.24, 2.45) is 0 Å². The molecular weight excluding hydrogens is 562 g/mol. The normalized spacial score (nSPS) is 19.8. The molecule has 0 unspecified atom stereocenters. The maximum Gasteiger partial charge on any atom is 0.343 e. The molecule has 4 rings (SSSR count). The van der Waals surface area contributed by atoms with Crippen LogP contribution in [-0.4, -0.2) is 24.2 Å². The van der Waals surface area contributed by atoms with Crippen molar-refractivity contribution >= 4 is 5.97 Å². The van der Waals surface area contributed by atoms with Crippen LogP contribution >= 0.6 is 0 Å². The fourth-order valence-electron chi connectivity index (χ4n) is 6.19. The van der Waals surface area contributed by atoms with Gasteiger partial charge in [0.1, 0.15) is 17.2 Å². The van der Waals surface area contributed by atoms with Crippen molar-refractivity contribution in [2.75, 3.05) is 13.2 Å². The van der Waals surface area contributed by atoms with E-state index in [1.165, 1.54) is 56.4 Å². The van der Waals surface area contributed by atoms with Gasteiger partial charge in [0.15, 0.2) is 0 Å². The lowest BCUT2D eigenvalue weighted by Crippen LogP contribution is -2.44. The summed E-state index contributed by atoms with van der Waals surface area (Å²) in [5, 5.41) is 15.2. The molecule has 3 aromatic carbocycles. The standard InChI is InChI=1S/C39H52NO5/c1-5-7-9-11-13-29-43-34-21-19-33(20-22-34)39(4)28-27-38(3,40(39)42)32-17-15-31(16-18-32)37(41)45-36-25-23-35(24-26-36)44-30-14-12-10-8-6-2/h15-26H,5-14,27-30H2,1-4H3/t38-,39-/m1/s1. The van der Waals surface area contributed by atoms with E-state index < -0.39 is 17.0 Å². The van der Waals surface area contributed by atoms with Crippen molar-refractivity contribution in [3.8, 4) is 17.2 Å². The molecule has 243 valence electrons. The van der Waals surface area contributed by atoms with E-state index in [0.717, 1.165) is 48.5 Å². The van der Waals surface area contributed by atoms with Crippen LogP contribution in [0.5, 0.6) is 17.2 Å². The lowest BCUT2D eigenvalue weighted by Gasteiger charge is -2.37. The maximum absolute atomic E-state index is 13.9. The van der Waals surface area contributed by atoms with Crippen LogP contribution in [-0.2, 0) is 16.3 Å². The third-order valence-corrected chi connectivity index (χ3v) is 9.28. The summed E-state index contributed by atoms with van der Waals surface area (Å²) in [5.74, 6) is 1.64. The second-order valence-electron chi connectivity index (χ2n) is 12.8. The molecule has 1 aliphatic heterocycles. The van der Waals surface area contributed by atoms with Gasteiger partial charge in [-0.1, -0.05) is 89.5 Å². The summed E-state index contributed by atoms with van der Waals surface area (Å²) < 4.78 is 17.4. The van der Waals surface area contributed by atoms with E-state index in [2.05, 4.69) is 13.8 Å². The fraction of sp³-hybridized carbons (Fsp3) is 0.513. The molecule has 2 atom stereocenters. The molecule has 45 heavy (non-hydrogen) atoms. The van der Waals surface area contributed by atoms with Crippen LogP contribution in [0.1, 0.15) is 126 Å². The summed E-state index contributed by atoms with van der Waals surface area (Å²) in [6, 6.07) is 22.4. The number of hydrogen-bond donors (Lipinski definition) is 0. The molecule has 0 N–H and O–H groups in total. The Labute approximate surface area is 270 Å². The van der Waals surface area contributed by atoms with Gasteiger partial charge < -0.3 is 14.2 Å². The van der Waals surface area contributed by atoms with Gasteiger partial charge in [-0.15, -0.1) is 10.3 Å². The summed E-state index contributed by atoms with van der Waals surface area (Å²) in [4.78, 5) is 12.9. The third kappa shape index (κ3) is 9.11. The second kappa shape index (κ2) is 16.8. The molecule has 1 aliphatic rings. The minimum Gasteiger partial charge on any atom is -0.494 e. The lowest BCUT2D eigenvalue weighted by molar-refractivity contribution is -0.260. The van der Waals surface area contributed by atoms with E-state index in [1.807, 2.05) is 62.4 Å². The van der Waals surface area contributed by atoms with Crippen molar-refractivity contribution in [1.29, 1.82) is 0 Å². The highest BCUT2D eigenvalue weighted by Gasteiger charge is 2.52. The molecule has 0 amide bonds. The van der Waals surface area contributed by atoms with Crippen molar-refractivity contribution in [1.82, 2.24) is 5.06 Å². The van der Waals surface area contributed by atoms with Gasteiger partial charge >= 0.3 is 5.97 Å². The summed E-state index contributed by atoms with van der Waals surface area (Å²) >= 11 is 0. The van der Waals surface area contributed by atoms with Crippen LogP contribution in [0.4, 0.5) is 0 Å². The van der Waals surface area contributed by atoms with E-state index in [1.54, 1.807) is 24.3 Å². The topological polar surface area (TPSA) is 67.9 Å². The SMILES string of the molecule is CCCCCCCOc1ccc(OC(=O)c2ccc([C@@]3(C)CC[C@](C)(c4ccc(OCCCCCCC)cc4)N3[O])cc2)cc1. The average Bonchev–Trinajstić information content (AvgIpc) is 3.31. The van der Waals surface area contributed by atoms with Crippen LogP contribution in [0, 0.1) is 0 Å². The summed E-state index contributed by atoms with van der Waals surface area (Å²) in [7, 11) is 0. The Bertz CT molecular complexity index is 1310. The number of carbonyl (C=O) groups excluding carboxylic acids is 1. The Morgan fingerprint density at radius 2 is 1.00 bits per heavy atom. The quantitative estimate of drug-likeness (QED) is 0.0810. The fourth-order valence-corrected chi connectivity index (χ4v) is 6.19. The Morgan fingerprint density at radius 3 is 1.47 bits per heavy atom. The number of rotatable bonds is 18. The molecule has 6 heteroatoms. The zero-order chi connectivity index (χ0) is 32.1. The number of esters is 1. The molecule has 0 aliphatic carbocycles. The first-order chi connectivity index (χ1) is 21.8. The van der Waals surface area contributed by atoms with E-state index in [-0.39, 0.29) is 0 Å². The first kappa shape index (κ1) is 34.5. The summed E-state index contributed by atoms with van der Waals surface area (Å²) in [6.45, 7) is 9.84. The predicted octanol–water partition coefficient (Wildman–Crippen LogP) is 10.2. The highest BCUT2D eigenvalue weighted by Crippen LogP contribution is 2.51. The largest absolute Gasteiger partial charge is 0.494 e. The smallest absolute Gasteiger partial charge is 0.343 e. The number of hydroxylamine groups is 2. The van der Waals surface area contributed by atoms with Crippen molar-refractivity contribution < 1.29 is 24.2 Å². The molecule has 0 saturated carbocycles. The van der Waals surface area contributed by atoms with E-state index in [4.69, 9.17) is 14.2 Å². The van der Waals surface area contributed by atoms with Crippen molar-refractivity contribution in [2.45, 2.75) is 116 Å². The number of unbranched alkanes of at least 4 members (excludes halogenated alkanes) is 8. The van der Waals surface area contributed by atoms with Gasteiger partial charge in [0.25, 0.3) is 0 Å². The van der Waals surface area contributed by atoms with Gasteiger partial charge in [0.05, 0.1) is 29.9 Å². The van der Waals surface area contributed by atoms with Gasteiger partial charge in [-0.3, -0.25) is 0 Å². The molecule has 6 nitrogen and oxygen atoms in total. The lowest BCUT2D eigenvalue weighted by atomic mass is 9.89. The van der Waals surface area contributed by atoms with E-state index in [0.29, 0.717) is 24.3 Å². The predicted molar refractivity (Wildman–Crippen MR) is 179 cm³/mol. The van der Waals surface area contributed by atoms with Crippen LogP contribution in [0.15, 0.2) is 72.8 Å². The molecule has 0 aromatic heterocycles. The minimum absolute atomic E-state index is 0.435. The van der Waals surface area contributed by atoms with Crippen LogP contribution < -0.4 is 14.2 Å². The zero-order valence-corrected chi connectivity index (χ0v) is 27.8. The molecule has 0 spiro atoms. The molecule has 1 fully saturated rings. The number of nitrogens with zero attached hydrogens (tertiary/aromatic N) is 1. The minimum atomic E-state index is -0.712. The molecule has 0 bridgehead atoms. The van der Waals surface area contributed by atoms with Gasteiger partial charge in [0.2, 0.25) is 0 Å². The highest BCUT2D eigenvalue weighted by molar-refractivity contribution is 5.91. The monoisotopic (exact) mass is 614 g/mol. The van der Waals surface area contributed by atoms with Gasteiger partial charge in [-0.25, -0.2) is 4.79 Å². The second-order valence-corrected chi connectivity index (χ2v) is 12.8. The zero-order valence-electron chi connectivity index (χ0n) is 27.8.